The normalized spacial score (nSPS) is 12.2. The molecule has 0 spiro atoms. The van der Waals surface area contributed by atoms with Gasteiger partial charge in [-0.1, -0.05) is 215 Å². The third kappa shape index (κ3) is 12.9. The first-order valence-electron chi connectivity index (χ1n) is 37.1. The Bertz CT molecular complexity index is 5900. The molecule has 0 radical (unpaired) electrons. The number of hydrogen-bond donors (Lipinski definition) is 4. The highest BCUT2D eigenvalue weighted by Gasteiger charge is 2.24. The number of rotatable bonds is 15. The number of fused-ring (bicyclic) bond motifs is 16. The van der Waals surface area contributed by atoms with Gasteiger partial charge in [-0.2, -0.15) is 0 Å². The van der Waals surface area contributed by atoms with E-state index in [2.05, 4.69) is 341 Å². The molecule has 4 aliphatic rings. The number of ether oxygens (including phenoxy) is 2. The van der Waals surface area contributed by atoms with Crippen LogP contribution in [-0.2, 0) is 0 Å². The molecule has 18 rings (SSSR count). The minimum Gasteiger partial charge on any atom is -0.493 e. The van der Waals surface area contributed by atoms with Crippen LogP contribution in [0.2, 0.25) is 0 Å². The zero-order valence-corrected chi connectivity index (χ0v) is 61.1. The zero-order chi connectivity index (χ0) is 72.9. The molecule has 0 fully saturated rings. The molecule has 0 amide bonds. The molecule has 8 aromatic carbocycles. The van der Waals surface area contributed by atoms with Gasteiger partial charge in [0.1, 0.15) is 11.5 Å². The number of hydrogen-bond acceptors (Lipinski definition) is 6. The molecule has 6 aromatic heterocycles. The third-order valence-corrected chi connectivity index (χ3v) is 20.9. The van der Waals surface area contributed by atoms with Crippen LogP contribution in [0, 0.1) is 41.5 Å². The second-order valence-electron chi connectivity index (χ2n) is 28.6. The summed E-state index contributed by atoms with van der Waals surface area (Å²) in [5, 5.41) is 0. The Hall–Kier alpha value is -13.4. The summed E-state index contributed by atoms with van der Waals surface area (Å²) in [6, 6.07) is 86.5. The minimum absolute atomic E-state index is 0.444. The van der Waals surface area contributed by atoms with Crippen molar-refractivity contribution < 1.29 is 9.47 Å². The topological polar surface area (TPSA) is 133 Å². The molecule has 0 saturated carbocycles. The Morgan fingerprint density at radius 2 is 0.398 bits per heavy atom. The maximum atomic E-state index is 6.99. The van der Waals surface area contributed by atoms with Gasteiger partial charge in [0.05, 0.1) is 58.8 Å². The standard InChI is InChI=1S/C98H78N8O2/c1-59-17-29-65(30-18-59)91-73-41-45-77(99-73)93(67-33-21-61(3)22-34-67)81-49-53-85(103-81)97(86-54-50-82(104-86)94(78-46-42-74(91)100-78)68-35-23-62(4)24-36-68)71-13-7-9-15-89(71)107-57-11-12-58-108-90-16-10-8-14-72(90)98-87-55-51-83(105-87)95(69-37-25-63(5)26-38-69)79-47-43-75(101-79)92(66-31-19-60(2)20-32-66)76-44-48-80(102-76)96(84-52-56-88(98)106-84)70-39-27-64(6)28-40-70/h7-10,13-56,99,101,104,106H,11-12,57-58H2,1-6H3. The molecule has 522 valence electrons. The Morgan fingerprint density at radius 1 is 0.213 bits per heavy atom. The lowest BCUT2D eigenvalue weighted by Crippen LogP contribution is -2.04. The van der Waals surface area contributed by atoms with Crippen molar-refractivity contribution in [2.75, 3.05) is 13.2 Å². The lowest BCUT2D eigenvalue weighted by atomic mass is 10.0. The van der Waals surface area contributed by atoms with Gasteiger partial charge >= 0.3 is 0 Å². The molecule has 4 aliphatic heterocycles. The Balaban J connectivity index is 0.715. The van der Waals surface area contributed by atoms with E-state index in [1.165, 1.54) is 33.4 Å². The van der Waals surface area contributed by atoms with Gasteiger partial charge in [0, 0.05) is 99.8 Å². The van der Waals surface area contributed by atoms with Crippen molar-refractivity contribution in [3.05, 3.63) is 322 Å². The minimum atomic E-state index is 0.444. The van der Waals surface area contributed by atoms with E-state index in [0.29, 0.717) is 13.2 Å². The summed E-state index contributed by atoms with van der Waals surface area (Å²) in [6.07, 6.45) is 18.7. The predicted octanol–water partition coefficient (Wildman–Crippen LogP) is 25.0. The van der Waals surface area contributed by atoms with Gasteiger partial charge < -0.3 is 29.4 Å². The predicted molar refractivity (Wildman–Crippen MR) is 450 cm³/mol. The smallest absolute Gasteiger partial charge is 0.127 e. The maximum Gasteiger partial charge on any atom is 0.127 e. The molecule has 0 unspecified atom stereocenters. The van der Waals surface area contributed by atoms with E-state index in [1.54, 1.807) is 0 Å². The first-order chi connectivity index (χ1) is 52.9. The number of aromatic nitrogens is 8. The van der Waals surface area contributed by atoms with E-state index < -0.39 is 0 Å². The van der Waals surface area contributed by atoms with Crippen LogP contribution >= 0.6 is 0 Å². The molecule has 0 atom stereocenters. The second-order valence-corrected chi connectivity index (χ2v) is 28.6. The van der Waals surface area contributed by atoms with Crippen molar-refractivity contribution in [2.24, 2.45) is 0 Å². The second kappa shape index (κ2) is 28.2. The van der Waals surface area contributed by atoms with E-state index in [-0.39, 0.29) is 0 Å². The van der Waals surface area contributed by atoms with Gasteiger partial charge in [0.15, 0.2) is 0 Å². The Kier molecular flexibility index (Phi) is 17.4. The molecule has 0 saturated heterocycles. The first kappa shape index (κ1) is 66.5. The highest BCUT2D eigenvalue weighted by atomic mass is 16.5. The molecule has 14 aromatic rings. The fraction of sp³-hybridized carbons (Fsp3) is 0.102. The van der Waals surface area contributed by atoms with Gasteiger partial charge in [-0.05, 0) is 197 Å². The van der Waals surface area contributed by atoms with Gasteiger partial charge in [-0.15, -0.1) is 0 Å². The van der Waals surface area contributed by atoms with Crippen molar-refractivity contribution in [3.8, 4) is 101 Å². The van der Waals surface area contributed by atoms with Crippen LogP contribution in [-0.4, -0.2) is 53.1 Å². The van der Waals surface area contributed by atoms with Crippen molar-refractivity contribution in [3.63, 3.8) is 0 Å². The molecule has 10 heterocycles. The molecule has 4 N–H and O–H groups in total. The Labute approximate surface area is 628 Å². The average molecular weight is 1400 g/mol. The summed E-state index contributed by atoms with van der Waals surface area (Å²) in [4.78, 5) is 38.1. The summed E-state index contributed by atoms with van der Waals surface area (Å²) in [6.45, 7) is 13.6. The molecule has 108 heavy (non-hydrogen) atoms. The van der Waals surface area contributed by atoms with Gasteiger partial charge in [0.25, 0.3) is 0 Å². The molecule has 10 heteroatoms. The zero-order valence-electron chi connectivity index (χ0n) is 61.1. The molecule has 16 bridgehead atoms. The van der Waals surface area contributed by atoms with Crippen LogP contribution in [0.4, 0.5) is 0 Å². The number of aromatic amines is 4. The van der Waals surface area contributed by atoms with Crippen molar-refractivity contribution >= 4 is 92.7 Å². The summed E-state index contributed by atoms with van der Waals surface area (Å²) in [5.74, 6) is 1.50. The number of benzene rings is 8. The number of H-pyrrole nitrogens is 4. The quantitative estimate of drug-likeness (QED) is 0.0756. The summed E-state index contributed by atoms with van der Waals surface area (Å²) in [5.41, 5.74) is 37.3. The summed E-state index contributed by atoms with van der Waals surface area (Å²) in [7, 11) is 0. The van der Waals surface area contributed by atoms with Crippen LogP contribution in [0.15, 0.2) is 243 Å². The van der Waals surface area contributed by atoms with Gasteiger partial charge in [-0.25, -0.2) is 19.9 Å². The lowest BCUT2D eigenvalue weighted by molar-refractivity contribution is 0.267. The molecular weight excluding hydrogens is 1320 g/mol. The van der Waals surface area contributed by atoms with Gasteiger partial charge in [-0.3, -0.25) is 0 Å². The van der Waals surface area contributed by atoms with E-state index in [4.69, 9.17) is 29.4 Å². The average Bonchev–Trinajstić information content (AvgIpc) is 1.63. The maximum absolute atomic E-state index is 6.99. The number of nitrogens with one attached hydrogen (secondary N) is 4. The largest absolute Gasteiger partial charge is 0.493 e. The number of nitrogens with zero attached hydrogens (tertiary/aromatic N) is 4. The Morgan fingerprint density at radius 3 is 0.611 bits per heavy atom. The van der Waals surface area contributed by atoms with Crippen LogP contribution in [0.5, 0.6) is 11.5 Å². The van der Waals surface area contributed by atoms with E-state index >= 15 is 0 Å². The fourth-order valence-electron chi connectivity index (χ4n) is 15.3. The van der Waals surface area contributed by atoms with Crippen molar-refractivity contribution in [1.82, 2.24) is 39.9 Å². The van der Waals surface area contributed by atoms with E-state index in [0.717, 1.165) is 203 Å². The highest BCUT2D eigenvalue weighted by Crippen LogP contribution is 2.44. The van der Waals surface area contributed by atoms with Crippen LogP contribution in [0.1, 0.15) is 91.8 Å². The van der Waals surface area contributed by atoms with Crippen molar-refractivity contribution in [1.29, 1.82) is 0 Å². The first-order valence-corrected chi connectivity index (χ1v) is 37.1. The monoisotopic (exact) mass is 1400 g/mol. The number of para-hydroxylation sites is 2. The van der Waals surface area contributed by atoms with Crippen LogP contribution in [0.3, 0.4) is 0 Å². The van der Waals surface area contributed by atoms with Crippen molar-refractivity contribution in [2.45, 2.75) is 54.4 Å². The number of aryl methyl sites for hydroxylation is 6. The summed E-state index contributed by atoms with van der Waals surface area (Å²) >= 11 is 0. The lowest BCUT2D eigenvalue weighted by Gasteiger charge is -2.14. The highest BCUT2D eigenvalue weighted by molar-refractivity contribution is 6.03. The third-order valence-electron chi connectivity index (χ3n) is 20.9. The van der Waals surface area contributed by atoms with Crippen LogP contribution in [0.25, 0.3) is 182 Å². The van der Waals surface area contributed by atoms with E-state index in [1.807, 2.05) is 12.1 Å². The molecular formula is C98H78N8O2. The van der Waals surface area contributed by atoms with E-state index in [9.17, 15) is 0 Å². The summed E-state index contributed by atoms with van der Waals surface area (Å²) < 4.78 is 14.0. The SMILES string of the molecule is Cc1ccc(-c2c3nc(c(-c4ccc(C)cc4)c4ccc([nH]4)c(-c4ccccc4OCCCCOc4ccccc4-c4c5nc(c(-c6ccc(C)cc6)c6ccc([nH]6)c(-c6ccc(C)cc6)c6nc(c(-c7ccc(C)cc7)c7ccc4[nH]7)C=C6)C=C5)c4nc(c(-c5ccc(C)cc5)c5ccc2[nH]5)C=C4)C=C3)cc1. The molecule has 10 nitrogen and oxygen atoms in total. The van der Waals surface area contributed by atoms with Crippen LogP contribution < -0.4 is 9.47 Å². The molecule has 0 aliphatic carbocycles. The number of unbranched alkanes of at least 4 members (excludes halogenated alkanes) is 1. The fourth-order valence-corrected chi connectivity index (χ4v) is 15.3. The van der Waals surface area contributed by atoms with Gasteiger partial charge in [0.2, 0.25) is 0 Å².